The van der Waals surface area contributed by atoms with Crippen LogP contribution in [0.2, 0.25) is 0 Å². The van der Waals surface area contributed by atoms with Gasteiger partial charge in [0.1, 0.15) is 6.04 Å². The molecule has 0 aliphatic carbocycles. The van der Waals surface area contributed by atoms with Crippen LogP contribution in [0.5, 0.6) is 5.88 Å². The summed E-state index contributed by atoms with van der Waals surface area (Å²) in [6, 6.07) is 3.66. The van der Waals surface area contributed by atoms with Crippen molar-refractivity contribution in [2.75, 3.05) is 17.7 Å². The van der Waals surface area contributed by atoms with Crippen molar-refractivity contribution in [3.63, 3.8) is 0 Å². The number of aromatic hydroxyl groups is 1. The van der Waals surface area contributed by atoms with Gasteiger partial charge in [0.25, 0.3) is 5.91 Å². The van der Waals surface area contributed by atoms with Crippen LogP contribution in [0.25, 0.3) is 11.2 Å². The zero-order valence-electron chi connectivity index (χ0n) is 25.7. The Hall–Kier alpha value is -5.87. The number of carbonyl (C=O) groups excluding carboxylic acids is 3. The summed E-state index contributed by atoms with van der Waals surface area (Å²) in [4.78, 5) is 65.4. The molecule has 0 radical (unpaired) electrons. The summed E-state index contributed by atoms with van der Waals surface area (Å²) < 4.78 is 35.3. The molecule has 0 aliphatic rings. The van der Waals surface area contributed by atoms with Gasteiger partial charge in [-0.3, -0.25) is 18.9 Å². The van der Waals surface area contributed by atoms with Gasteiger partial charge in [-0.25, -0.2) is 23.6 Å². The number of carbonyl (C=O) groups is 4. The van der Waals surface area contributed by atoms with Crippen LogP contribution in [0, 0.1) is 0 Å². The minimum atomic E-state index is -4.62. The van der Waals surface area contributed by atoms with E-state index in [9.17, 15) is 37.8 Å². The van der Waals surface area contributed by atoms with Gasteiger partial charge in [0.2, 0.25) is 17.7 Å². The number of anilines is 2. The Morgan fingerprint density at radius 2 is 1.78 bits per heavy atom. The topological polar surface area (TPSA) is 317 Å². The van der Waals surface area contributed by atoms with Crippen molar-refractivity contribution in [1.82, 2.24) is 45.6 Å². The lowest BCUT2D eigenvalue weighted by molar-refractivity contribution is -0.139. The molecule has 0 saturated heterocycles. The summed E-state index contributed by atoms with van der Waals surface area (Å²) >= 11 is 0. The Labute approximate surface area is 277 Å². The van der Waals surface area contributed by atoms with E-state index in [0.717, 1.165) is 0 Å². The van der Waals surface area contributed by atoms with Gasteiger partial charge in [-0.15, -0.1) is 5.10 Å². The highest BCUT2D eigenvalue weighted by atomic mass is 32.3. The van der Waals surface area contributed by atoms with Crippen LogP contribution in [0.3, 0.4) is 0 Å². The van der Waals surface area contributed by atoms with Crippen LogP contribution in [-0.4, -0.2) is 100 Å². The van der Waals surface area contributed by atoms with E-state index >= 15 is 0 Å². The number of carboxylic acid groups (broad SMARTS) is 1. The van der Waals surface area contributed by atoms with Gasteiger partial charge >= 0.3 is 16.4 Å². The molecule has 0 saturated carbocycles. The zero-order valence-corrected chi connectivity index (χ0v) is 26.5. The number of ketones is 1. The highest BCUT2D eigenvalue weighted by Crippen LogP contribution is 2.19. The monoisotopic (exact) mass is 701 g/mol. The summed E-state index contributed by atoms with van der Waals surface area (Å²) in [5, 5.41) is 35.2. The van der Waals surface area contributed by atoms with Gasteiger partial charge in [0.15, 0.2) is 16.9 Å². The van der Waals surface area contributed by atoms with Gasteiger partial charge in [-0.2, -0.15) is 18.4 Å². The number of benzene rings is 1. The molecule has 3 heterocycles. The quantitative estimate of drug-likeness (QED) is 0.0650. The van der Waals surface area contributed by atoms with E-state index < -0.39 is 58.5 Å². The van der Waals surface area contributed by atoms with Crippen molar-refractivity contribution in [2.24, 2.45) is 0 Å². The van der Waals surface area contributed by atoms with E-state index in [0.29, 0.717) is 11.4 Å². The standard InChI is InChI=1S/C27H31N11O10S/c1-14(39)20(10-17-13-38(37-36-17)8-9-48-49(45,46)47)32-21(40)7-6-19(26(43)44)33-24(41)15-2-4-16(5-3-15)29-11-18-12-30-23-22(31-18)25(42)35-27(28)34-23/h2-5,12-13,19-20,29H,6-11H2,1H3,(H,32,40)(H,33,41)(H,43,44)(H,45,46,47)(H3,28,30,34,35,42)/t19-,20-/m0/s1. The fourth-order valence-corrected chi connectivity index (χ4v) is 4.57. The fourth-order valence-electron chi connectivity index (χ4n) is 4.29. The predicted octanol–water partition coefficient (Wildman–Crippen LogP) is -0.990. The highest BCUT2D eigenvalue weighted by molar-refractivity contribution is 7.80. The molecule has 1 aromatic carbocycles. The zero-order chi connectivity index (χ0) is 35.7. The average molecular weight is 702 g/mol. The summed E-state index contributed by atoms with van der Waals surface area (Å²) in [7, 11) is -4.62. The molecule has 4 rings (SSSR count). The molecule has 3 aromatic heterocycles. The molecular weight excluding hydrogens is 670 g/mol. The van der Waals surface area contributed by atoms with Gasteiger partial charge in [0.05, 0.1) is 43.3 Å². The maximum absolute atomic E-state index is 12.8. The van der Waals surface area contributed by atoms with Crippen molar-refractivity contribution in [3.05, 3.63) is 53.6 Å². The number of aromatic nitrogens is 7. The highest BCUT2D eigenvalue weighted by Gasteiger charge is 2.24. The lowest BCUT2D eigenvalue weighted by atomic mass is 10.1. The maximum atomic E-state index is 12.8. The van der Waals surface area contributed by atoms with Gasteiger partial charge in [-0.1, -0.05) is 5.21 Å². The molecule has 0 aliphatic heterocycles. The number of hydrogen-bond donors (Lipinski definition) is 7. The van der Waals surface area contributed by atoms with Crippen LogP contribution in [0.4, 0.5) is 11.6 Å². The van der Waals surface area contributed by atoms with Crippen LogP contribution >= 0.6 is 0 Å². The van der Waals surface area contributed by atoms with Crippen molar-refractivity contribution in [1.29, 1.82) is 0 Å². The molecule has 0 fully saturated rings. The Bertz CT molecular complexity index is 1950. The van der Waals surface area contributed by atoms with Crippen LogP contribution in [0.15, 0.2) is 36.7 Å². The molecule has 49 heavy (non-hydrogen) atoms. The van der Waals surface area contributed by atoms with E-state index in [2.05, 4.69) is 50.4 Å². The number of nitrogens with two attached hydrogens (primary N) is 1. The first-order valence-electron chi connectivity index (χ1n) is 14.3. The second kappa shape index (κ2) is 15.8. The molecule has 2 atom stereocenters. The normalized spacial score (nSPS) is 12.6. The second-order valence-corrected chi connectivity index (χ2v) is 11.5. The molecular formula is C27H31N11O10S. The van der Waals surface area contributed by atoms with Crippen LogP contribution in [0.1, 0.15) is 41.5 Å². The Morgan fingerprint density at radius 3 is 2.45 bits per heavy atom. The molecule has 22 heteroatoms. The third-order valence-electron chi connectivity index (χ3n) is 6.72. The van der Waals surface area contributed by atoms with Gasteiger partial charge < -0.3 is 31.9 Å². The van der Waals surface area contributed by atoms with Crippen LogP contribution < -0.4 is 21.7 Å². The number of fused-ring (bicyclic) bond motifs is 1. The molecule has 0 bridgehead atoms. The second-order valence-electron chi connectivity index (χ2n) is 10.4. The Morgan fingerprint density at radius 1 is 1.04 bits per heavy atom. The van der Waals surface area contributed by atoms with E-state index in [1.54, 1.807) is 12.1 Å². The van der Waals surface area contributed by atoms with E-state index in [1.807, 2.05) is 0 Å². The predicted molar refractivity (Wildman–Crippen MR) is 167 cm³/mol. The number of aliphatic carboxylic acids is 1. The summed E-state index contributed by atoms with van der Waals surface area (Å²) in [6.07, 6.45) is 2.17. The van der Waals surface area contributed by atoms with E-state index in [1.165, 1.54) is 36.1 Å². The van der Waals surface area contributed by atoms with Gasteiger partial charge in [0, 0.05) is 30.3 Å². The summed E-state index contributed by atoms with van der Waals surface area (Å²) in [5.41, 5.74) is 7.20. The van der Waals surface area contributed by atoms with Crippen LogP contribution in [-0.2, 0) is 48.5 Å². The largest absolute Gasteiger partial charge is 0.492 e. The SMILES string of the molecule is CC(=O)[C@H](Cc1cn(CCOS(=O)(=O)O)nn1)NC(=O)CC[C@H](NC(=O)c1ccc(NCc2cnc3nc(N)nc(O)c3n2)cc1)C(=O)O. The molecule has 21 nitrogen and oxygen atoms in total. The first kappa shape index (κ1) is 36.0. The molecule has 0 spiro atoms. The lowest BCUT2D eigenvalue weighted by Crippen LogP contribution is -2.44. The number of nitrogens with one attached hydrogen (secondary N) is 3. The molecule has 8 N–H and O–H groups in total. The summed E-state index contributed by atoms with van der Waals surface area (Å²) in [6.45, 7) is 0.949. The van der Waals surface area contributed by atoms with Crippen molar-refractivity contribution in [3.8, 4) is 5.88 Å². The van der Waals surface area contributed by atoms with Crippen molar-refractivity contribution in [2.45, 2.75) is 51.4 Å². The van der Waals surface area contributed by atoms with E-state index in [4.69, 9.17) is 10.3 Å². The first-order valence-corrected chi connectivity index (χ1v) is 15.7. The van der Waals surface area contributed by atoms with Crippen molar-refractivity contribution >= 4 is 56.8 Å². The number of rotatable bonds is 17. The minimum absolute atomic E-state index is 0.0616. The minimum Gasteiger partial charge on any atom is -0.492 e. The Kier molecular flexibility index (Phi) is 11.6. The molecule has 260 valence electrons. The molecule has 2 amide bonds. The number of Topliss-reactive ketones (excluding diaryl/α,β-unsaturated/α-hetero) is 1. The fraction of sp³-hybridized carbons (Fsp3) is 0.333. The lowest BCUT2D eigenvalue weighted by Gasteiger charge is -2.17. The van der Waals surface area contributed by atoms with Gasteiger partial charge in [-0.05, 0) is 37.6 Å². The molecule has 4 aromatic rings. The number of nitrogen functional groups attached to an aromatic ring is 1. The number of nitrogens with zero attached hydrogens (tertiary/aromatic N) is 7. The number of carboxylic acids is 1. The first-order chi connectivity index (χ1) is 23.2. The third-order valence-corrected chi connectivity index (χ3v) is 7.18. The summed E-state index contributed by atoms with van der Waals surface area (Å²) in [5.74, 6) is -3.67. The number of amides is 2. The smallest absolute Gasteiger partial charge is 0.397 e. The van der Waals surface area contributed by atoms with E-state index in [-0.39, 0.29) is 60.7 Å². The third kappa shape index (κ3) is 10.8. The Balaban J connectivity index is 1.26. The number of hydrogen-bond acceptors (Lipinski definition) is 16. The average Bonchev–Trinajstić information content (AvgIpc) is 3.48. The van der Waals surface area contributed by atoms with Crippen molar-refractivity contribution < 1.29 is 46.5 Å². The maximum Gasteiger partial charge on any atom is 0.397 e. The molecule has 0 unspecified atom stereocenters.